The van der Waals surface area contributed by atoms with Crippen molar-refractivity contribution < 1.29 is 13.2 Å². The Morgan fingerprint density at radius 1 is 1.37 bits per heavy atom. The lowest BCUT2D eigenvalue weighted by molar-refractivity contribution is 0.331. The summed E-state index contributed by atoms with van der Waals surface area (Å²) in [6.45, 7) is 0.355. The van der Waals surface area contributed by atoms with E-state index < -0.39 is 9.05 Å². The first-order valence-electron chi connectivity index (χ1n) is 5.42. The molecule has 0 spiro atoms. The van der Waals surface area contributed by atoms with Crippen LogP contribution in [-0.2, 0) is 9.05 Å². The summed E-state index contributed by atoms with van der Waals surface area (Å²) in [4.78, 5) is 4.02. The van der Waals surface area contributed by atoms with E-state index in [0.717, 1.165) is 0 Å². The van der Waals surface area contributed by atoms with E-state index >= 15 is 0 Å². The van der Waals surface area contributed by atoms with E-state index in [9.17, 15) is 8.42 Å². The van der Waals surface area contributed by atoms with E-state index in [1.54, 1.807) is 18.2 Å². The lowest BCUT2D eigenvalue weighted by Crippen LogP contribution is -1.99. The Labute approximate surface area is 115 Å². The number of rotatable bonds is 4. The van der Waals surface area contributed by atoms with Gasteiger partial charge in [-0.1, -0.05) is 0 Å². The number of pyridine rings is 1. The molecule has 0 unspecified atom stereocenters. The van der Waals surface area contributed by atoms with Gasteiger partial charge in [-0.15, -0.1) is 12.3 Å². The molecule has 0 bridgehead atoms. The standard InChI is InChI=1S/C13H10ClNO3S/c1-2-3-9-18-11-6-7-12(19(14,16)17)13-10(11)5-4-8-15-13/h1,4-8H,3,9H2. The molecule has 2 aromatic rings. The van der Waals surface area contributed by atoms with Crippen molar-refractivity contribution in [2.45, 2.75) is 11.3 Å². The van der Waals surface area contributed by atoms with Crippen LogP contribution in [0.25, 0.3) is 10.9 Å². The first-order valence-corrected chi connectivity index (χ1v) is 7.73. The summed E-state index contributed by atoms with van der Waals surface area (Å²) in [6, 6.07) is 6.35. The number of hydrogen-bond donors (Lipinski definition) is 0. The molecule has 0 aliphatic rings. The fourth-order valence-electron chi connectivity index (χ4n) is 1.66. The number of terminal acetylenes is 1. The van der Waals surface area contributed by atoms with Crippen LogP contribution in [0.2, 0.25) is 0 Å². The monoisotopic (exact) mass is 295 g/mol. The third-order valence-electron chi connectivity index (χ3n) is 2.46. The summed E-state index contributed by atoms with van der Waals surface area (Å²) in [5, 5.41) is 0.584. The summed E-state index contributed by atoms with van der Waals surface area (Å²) < 4.78 is 28.5. The molecule has 0 N–H and O–H groups in total. The maximum Gasteiger partial charge on any atom is 0.263 e. The molecule has 1 heterocycles. The predicted molar refractivity (Wildman–Crippen MR) is 73.7 cm³/mol. The van der Waals surface area contributed by atoms with Gasteiger partial charge in [0.1, 0.15) is 10.6 Å². The summed E-state index contributed by atoms with van der Waals surface area (Å²) in [5.41, 5.74) is 0.288. The average molecular weight is 296 g/mol. The van der Waals surface area contributed by atoms with Gasteiger partial charge in [0.15, 0.2) is 0 Å². The SMILES string of the molecule is C#CCCOc1ccc(S(=O)(=O)Cl)c2ncccc12. The van der Waals surface area contributed by atoms with Gasteiger partial charge >= 0.3 is 0 Å². The van der Waals surface area contributed by atoms with E-state index in [4.69, 9.17) is 21.8 Å². The molecule has 1 aromatic carbocycles. The second-order valence-corrected chi connectivity index (χ2v) is 6.24. The first-order chi connectivity index (χ1) is 9.04. The number of fused-ring (bicyclic) bond motifs is 1. The molecule has 0 saturated heterocycles. The molecule has 1 aromatic heterocycles. The minimum atomic E-state index is -3.85. The summed E-state index contributed by atoms with van der Waals surface area (Å²) in [5.74, 6) is 2.99. The summed E-state index contributed by atoms with van der Waals surface area (Å²) in [7, 11) is 1.53. The van der Waals surface area contributed by atoms with Crippen LogP contribution in [0, 0.1) is 12.3 Å². The van der Waals surface area contributed by atoms with Crippen molar-refractivity contribution in [2.75, 3.05) is 6.61 Å². The van der Waals surface area contributed by atoms with E-state index in [2.05, 4.69) is 10.9 Å². The van der Waals surface area contributed by atoms with Gasteiger partial charge < -0.3 is 4.74 Å². The number of aromatic nitrogens is 1. The second kappa shape index (κ2) is 5.47. The Bertz CT molecular complexity index is 750. The topological polar surface area (TPSA) is 56.3 Å². The molecule has 0 fully saturated rings. The van der Waals surface area contributed by atoms with Crippen molar-refractivity contribution in [2.24, 2.45) is 0 Å². The van der Waals surface area contributed by atoms with Crippen LogP contribution >= 0.6 is 10.7 Å². The van der Waals surface area contributed by atoms with E-state index in [0.29, 0.717) is 24.2 Å². The third-order valence-corrected chi connectivity index (χ3v) is 3.81. The average Bonchev–Trinajstić information content (AvgIpc) is 2.37. The van der Waals surface area contributed by atoms with Gasteiger partial charge in [-0.25, -0.2) is 8.42 Å². The molecular weight excluding hydrogens is 286 g/mol. The molecule has 19 heavy (non-hydrogen) atoms. The van der Waals surface area contributed by atoms with Gasteiger partial charge in [0, 0.05) is 28.7 Å². The highest BCUT2D eigenvalue weighted by molar-refractivity contribution is 8.14. The first kappa shape index (κ1) is 13.7. The van der Waals surface area contributed by atoms with Crippen LogP contribution in [0.1, 0.15) is 6.42 Å². The highest BCUT2D eigenvalue weighted by Crippen LogP contribution is 2.31. The zero-order valence-electron chi connectivity index (χ0n) is 9.84. The largest absolute Gasteiger partial charge is 0.492 e. The molecule has 0 atom stereocenters. The smallest absolute Gasteiger partial charge is 0.263 e. The summed E-state index contributed by atoms with van der Waals surface area (Å²) >= 11 is 0. The molecule has 0 amide bonds. The Morgan fingerprint density at radius 3 is 2.84 bits per heavy atom. The Balaban J connectivity index is 2.56. The zero-order chi connectivity index (χ0) is 13.9. The van der Waals surface area contributed by atoms with Crippen molar-refractivity contribution in [3.05, 3.63) is 30.5 Å². The molecule has 4 nitrogen and oxygen atoms in total. The molecule has 98 valence electrons. The normalized spacial score (nSPS) is 11.2. The van der Waals surface area contributed by atoms with Crippen LogP contribution in [0.5, 0.6) is 5.75 Å². The van der Waals surface area contributed by atoms with E-state index in [1.807, 2.05) is 0 Å². The van der Waals surface area contributed by atoms with Gasteiger partial charge in [-0.05, 0) is 24.3 Å². The van der Waals surface area contributed by atoms with Crippen LogP contribution < -0.4 is 4.74 Å². The third kappa shape index (κ3) is 2.98. The number of halogens is 1. The second-order valence-electron chi connectivity index (χ2n) is 3.70. The van der Waals surface area contributed by atoms with Crippen molar-refractivity contribution in [3.8, 4) is 18.1 Å². The van der Waals surface area contributed by atoms with E-state index in [1.165, 1.54) is 12.3 Å². The molecule has 6 heteroatoms. The highest BCUT2D eigenvalue weighted by atomic mass is 35.7. The van der Waals surface area contributed by atoms with Gasteiger partial charge in [-0.2, -0.15) is 0 Å². The van der Waals surface area contributed by atoms with Crippen LogP contribution in [0.15, 0.2) is 35.4 Å². The van der Waals surface area contributed by atoms with Crippen LogP contribution in [0.3, 0.4) is 0 Å². The zero-order valence-corrected chi connectivity index (χ0v) is 11.4. The van der Waals surface area contributed by atoms with Crippen LogP contribution in [0.4, 0.5) is 0 Å². The van der Waals surface area contributed by atoms with Crippen molar-refractivity contribution in [3.63, 3.8) is 0 Å². The molecule has 0 aliphatic heterocycles. The van der Waals surface area contributed by atoms with Crippen molar-refractivity contribution in [1.29, 1.82) is 0 Å². The van der Waals surface area contributed by atoms with Crippen LogP contribution in [-0.4, -0.2) is 20.0 Å². The molecule has 0 aliphatic carbocycles. The number of nitrogens with zero attached hydrogens (tertiary/aromatic N) is 1. The Kier molecular flexibility index (Phi) is 3.93. The van der Waals surface area contributed by atoms with Gasteiger partial charge in [0.2, 0.25) is 0 Å². The van der Waals surface area contributed by atoms with Gasteiger partial charge in [-0.3, -0.25) is 4.98 Å². The Morgan fingerprint density at radius 2 is 2.16 bits per heavy atom. The molecule has 2 rings (SSSR count). The fourth-order valence-corrected chi connectivity index (χ4v) is 2.66. The van der Waals surface area contributed by atoms with E-state index in [-0.39, 0.29) is 10.4 Å². The maximum absolute atomic E-state index is 11.5. The number of hydrogen-bond acceptors (Lipinski definition) is 4. The van der Waals surface area contributed by atoms with Gasteiger partial charge in [0.05, 0.1) is 12.1 Å². The van der Waals surface area contributed by atoms with Crippen molar-refractivity contribution >= 4 is 30.6 Å². The fraction of sp³-hybridized carbons (Fsp3) is 0.154. The molecular formula is C13H10ClNO3S. The lowest BCUT2D eigenvalue weighted by Gasteiger charge is -2.09. The maximum atomic E-state index is 11.5. The predicted octanol–water partition coefficient (Wildman–Crippen LogP) is 2.56. The minimum absolute atomic E-state index is 0.0333. The Hall–Kier alpha value is -1.77. The van der Waals surface area contributed by atoms with Gasteiger partial charge in [0.25, 0.3) is 9.05 Å². The summed E-state index contributed by atoms with van der Waals surface area (Å²) in [6.07, 6.45) is 7.12. The number of benzene rings is 1. The van der Waals surface area contributed by atoms with Crippen molar-refractivity contribution in [1.82, 2.24) is 4.98 Å². The lowest BCUT2D eigenvalue weighted by atomic mass is 10.2. The molecule has 0 radical (unpaired) electrons. The highest BCUT2D eigenvalue weighted by Gasteiger charge is 2.17. The molecule has 0 saturated carbocycles. The quantitative estimate of drug-likeness (QED) is 0.494. The minimum Gasteiger partial charge on any atom is -0.492 e. The number of ether oxygens (including phenoxy) is 1.